The van der Waals surface area contributed by atoms with Crippen LogP contribution in [0.2, 0.25) is 0 Å². The van der Waals surface area contributed by atoms with Gasteiger partial charge in [0.15, 0.2) is 11.5 Å². The molecule has 1 heterocycles. The van der Waals surface area contributed by atoms with E-state index in [-0.39, 0.29) is 5.69 Å². The van der Waals surface area contributed by atoms with Crippen LogP contribution in [0.3, 0.4) is 0 Å². The Morgan fingerprint density at radius 1 is 1.40 bits per heavy atom. The first-order valence-electron chi connectivity index (χ1n) is 6.41. The van der Waals surface area contributed by atoms with Crippen LogP contribution >= 0.6 is 0 Å². The van der Waals surface area contributed by atoms with Crippen molar-refractivity contribution < 1.29 is 14.3 Å². The molecule has 0 saturated heterocycles. The van der Waals surface area contributed by atoms with Gasteiger partial charge in [-0.25, -0.2) is 4.79 Å². The molecule has 106 valence electrons. The van der Waals surface area contributed by atoms with Crippen LogP contribution in [0.25, 0.3) is 0 Å². The first-order chi connectivity index (χ1) is 9.65. The van der Waals surface area contributed by atoms with Crippen molar-refractivity contribution in [1.29, 1.82) is 0 Å². The minimum atomic E-state index is -0.459. The van der Waals surface area contributed by atoms with Gasteiger partial charge in [0.05, 0.1) is 30.3 Å². The molecule has 20 heavy (non-hydrogen) atoms. The molecule has 0 aliphatic heterocycles. The Balaban J connectivity index is 2.24. The maximum Gasteiger partial charge on any atom is 0.340 e. The molecule has 0 saturated carbocycles. The van der Waals surface area contributed by atoms with Gasteiger partial charge in [-0.3, -0.25) is 4.68 Å². The molecule has 0 aliphatic carbocycles. The van der Waals surface area contributed by atoms with Crippen LogP contribution in [-0.2, 0) is 11.3 Å². The fraction of sp³-hybridized carbons (Fsp3) is 0.286. The lowest BCUT2D eigenvalue weighted by Crippen LogP contribution is -2.08. The molecule has 0 spiro atoms. The zero-order valence-electron chi connectivity index (χ0n) is 11.5. The summed E-state index contributed by atoms with van der Waals surface area (Å²) in [7, 11) is 0. The molecule has 2 aromatic rings. The fourth-order valence-corrected chi connectivity index (χ4v) is 1.72. The van der Waals surface area contributed by atoms with Gasteiger partial charge in [-0.15, -0.1) is 0 Å². The number of hydrogen-bond acceptors (Lipinski definition) is 5. The second kappa shape index (κ2) is 6.10. The summed E-state index contributed by atoms with van der Waals surface area (Å²) < 4.78 is 12.3. The van der Waals surface area contributed by atoms with Crippen LogP contribution in [0.5, 0.6) is 11.5 Å². The number of aromatic nitrogens is 2. The average Bonchev–Trinajstić information content (AvgIpc) is 2.89. The van der Waals surface area contributed by atoms with Gasteiger partial charge in [-0.05, 0) is 26.0 Å². The molecule has 1 aromatic carbocycles. The van der Waals surface area contributed by atoms with Gasteiger partial charge in [-0.1, -0.05) is 6.07 Å². The third-order valence-electron chi connectivity index (χ3n) is 2.72. The summed E-state index contributed by atoms with van der Waals surface area (Å²) >= 11 is 0. The molecule has 2 N–H and O–H groups in total. The number of ether oxygens (including phenoxy) is 2. The Morgan fingerprint density at radius 2 is 2.20 bits per heavy atom. The third kappa shape index (κ3) is 2.90. The summed E-state index contributed by atoms with van der Waals surface area (Å²) in [6.45, 7) is 4.77. The van der Waals surface area contributed by atoms with Crippen molar-refractivity contribution in [2.75, 3.05) is 12.3 Å². The topological polar surface area (TPSA) is 79.4 Å². The van der Waals surface area contributed by atoms with Crippen LogP contribution in [0.1, 0.15) is 24.2 Å². The number of aryl methyl sites for hydroxylation is 1. The second-order valence-electron chi connectivity index (χ2n) is 4.07. The van der Waals surface area contributed by atoms with Crippen molar-refractivity contribution >= 4 is 11.7 Å². The number of benzene rings is 1. The lowest BCUT2D eigenvalue weighted by Gasteiger charge is -2.10. The van der Waals surface area contributed by atoms with E-state index in [2.05, 4.69) is 5.10 Å². The molecule has 6 nitrogen and oxygen atoms in total. The fourth-order valence-electron chi connectivity index (χ4n) is 1.72. The van der Waals surface area contributed by atoms with Crippen LogP contribution in [0.4, 0.5) is 5.69 Å². The van der Waals surface area contributed by atoms with Gasteiger partial charge in [0.25, 0.3) is 0 Å². The van der Waals surface area contributed by atoms with Crippen molar-refractivity contribution in [2.24, 2.45) is 0 Å². The molecule has 0 amide bonds. The predicted molar refractivity (Wildman–Crippen MR) is 74.8 cm³/mol. The Hall–Kier alpha value is -2.50. The molecule has 2 rings (SSSR count). The maximum absolute atomic E-state index is 11.7. The van der Waals surface area contributed by atoms with Gasteiger partial charge < -0.3 is 15.2 Å². The summed E-state index contributed by atoms with van der Waals surface area (Å²) in [4.78, 5) is 11.7. The number of anilines is 1. The Morgan fingerprint density at radius 3 is 2.85 bits per heavy atom. The molecule has 0 atom stereocenters. The predicted octanol–water partition coefficient (Wildman–Crippen LogP) is 2.45. The van der Waals surface area contributed by atoms with Crippen molar-refractivity contribution in [3.63, 3.8) is 0 Å². The summed E-state index contributed by atoms with van der Waals surface area (Å²) in [6.07, 6.45) is 3.36. The minimum Gasteiger partial charge on any atom is -0.462 e. The van der Waals surface area contributed by atoms with Gasteiger partial charge in [0.2, 0.25) is 0 Å². The number of hydrogen-bond donors (Lipinski definition) is 1. The summed E-state index contributed by atoms with van der Waals surface area (Å²) in [6, 6.07) is 5.00. The number of para-hydroxylation sites is 1. The molecule has 0 radical (unpaired) electrons. The Labute approximate surface area is 117 Å². The van der Waals surface area contributed by atoms with Crippen LogP contribution < -0.4 is 10.5 Å². The molecule has 1 aromatic heterocycles. The van der Waals surface area contributed by atoms with Gasteiger partial charge in [0, 0.05) is 6.54 Å². The highest BCUT2D eigenvalue weighted by atomic mass is 16.5. The van der Waals surface area contributed by atoms with Crippen molar-refractivity contribution in [2.45, 2.75) is 20.4 Å². The molecule has 6 heteroatoms. The van der Waals surface area contributed by atoms with Crippen molar-refractivity contribution in [3.05, 3.63) is 36.2 Å². The van der Waals surface area contributed by atoms with E-state index in [1.54, 1.807) is 42.2 Å². The zero-order valence-corrected chi connectivity index (χ0v) is 11.5. The number of esters is 1. The first kappa shape index (κ1) is 13.9. The van der Waals surface area contributed by atoms with Gasteiger partial charge >= 0.3 is 5.97 Å². The number of nitrogens with two attached hydrogens (primary N) is 1. The highest BCUT2D eigenvalue weighted by Crippen LogP contribution is 2.30. The molecule has 0 fully saturated rings. The SMILES string of the molecule is CCOC(=O)c1cccc(Oc2cnn(CC)c2)c1N. The summed E-state index contributed by atoms with van der Waals surface area (Å²) in [5.74, 6) is 0.519. The largest absolute Gasteiger partial charge is 0.462 e. The number of nitrogens with zero attached hydrogens (tertiary/aromatic N) is 2. The number of carbonyl (C=O) groups is 1. The molecule has 0 aliphatic rings. The minimum absolute atomic E-state index is 0.259. The molecule has 0 unspecified atom stereocenters. The Bertz CT molecular complexity index is 607. The lowest BCUT2D eigenvalue weighted by atomic mass is 10.1. The van der Waals surface area contributed by atoms with Crippen molar-refractivity contribution in [1.82, 2.24) is 9.78 Å². The van der Waals surface area contributed by atoms with Crippen LogP contribution in [-0.4, -0.2) is 22.4 Å². The van der Waals surface area contributed by atoms with E-state index in [0.717, 1.165) is 6.54 Å². The number of nitrogen functional groups attached to an aromatic ring is 1. The molecule has 0 bridgehead atoms. The smallest absolute Gasteiger partial charge is 0.340 e. The monoisotopic (exact) mass is 275 g/mol. The highest BCUT2D eigenvalue weighted by molar-refractivity contribution is 5.96. The lowest BCUT2D eigenvalue weighted by molar-refractivity contribution is 0.0527. The summed E-state index contributed by atoms with van der Waals surface area (Å²) in [5.41, 5.74) is 6.51. The van der Waals surface area contributed by atoms with Gasteiger partial charge in [0.1, 0.15) is 0 Å². The van der Waals surface area contributed by atoms with E-state index in [9.17, 15) is 4.79 Å². The first-order valence-corrected chi connectivity index (χ1v) is 6.41. The van der Waals surface area contributed by atoms with E-state index in [1.165, 1.54) is 0 Å². The van der Waals surface area contributed by atoms with Crippen LogP contribution in [0, 0.1) is 0 Å². The third-order valence-corrected chi connectivity index (χ3v) is 2.72. The normalized spacial score (nSPS) is 10.3. The number of carbonyl (C=O) groups excluding carboxylic acids is 1. The zero-order chi connectivity index (χ0) is 14.5. The summed E-state index contributed by atoms with van der Waals surface area (Å²) in [5, 5.41) is 4.11. The standard InChI is InChI=1S/C14H17N3O3/c1-3-17-9-10(8-16-17)20-12-7-5-6-11(13(12)15)14(18)19-4-2/h5-9H,3-4,15H2,1-2H3. The molecular weight excluding hydrogens is 258 g/mol. The Kier molecular flexibility index (Phi) is 4.24. The second-order valence-corrected chi connectivity index (χ2v) is 4.07. The number of rotatable bonds is 5. The molecular formula is C14H17N3O3. The van der Waals surface area contributed by atoms with E-state index < -0.39 is 5.97 Å². The van der Waals surface area contributed by atoms with Crippen LogP contribution in [0.15, 0.2) is 30.6 Å². The van der Waals surface area contributed by atoms with Crippen molar-refractivity contribution in [3.8, 4) is 11.5 Å². The maximum atomic E-state index is 11.7. The highest BCUT2D eigenvalue weighted by Gasteiger charge is 2.15. The van der Waals surface area contributed by atoms with E-state index in [1.807, 2.05) is 6.92 Å². The van der Waals surface area contributed by atoms with E-state index in [0.29, 0.717) is 23.7 Å². The van der Waals surface area contributed by atoms with Gasteiger partial charge in [-0.2, -0.15) is 5.10 Å². The average molecular weight is 275 g/mol. The quantitative estimate of drug-likeness (QED) is 0.669. The van der Waals surface area contributed by atoms with E-state index in [4.69, 9.17) is 15.2 Å². The van der Waals surface area contributed by atoms with E-state index >= 15 is 0 Å².